The maximum atomic E-state index is 13.3. The second kappa shape index (κ2) is 9.41. The molecule has 4 rings (SSSR count). The molecule has 0 aromatic heterocycles. The molecule has 0 bridgehead atoms. The zero-order chi connectivity index (χ0) is 24.6. The number of aliphatic hydroxyl groups is 1. The van der Waals surface area contributed by atoms with Crippen LogP contribution in [-0.4, -0.2) is 29.0 Å². The number of methoxy groups -OCH3 is 1. The Kier molecular flexibility index (Phi) is 6.55. The second-order valence-electron chi connectivity index (χ2n) is 7.74. The summed E-state index contributed by atoms with van der Waals surface area (Å²) in [6, 6.07) is 15.2. The first-order chi connectivity index (χ1) is 16.3. The molecule has 1 amide bonds. The number of aryl methyl sites for hydroxylation is 1. The van der Waals surface area contributed by atoms with Gasteiger partial charge in [0.05, 0.1) is 29.3 Å². The van der Waals surface area contributed by atoms with E-state index >= 15 is 0 Å². The topological polar surface area (TPSA) is 87.1 Å². The summed E-state index contributed by atoms with van der Waals surface area (Å²) >= 11 is 12.3. The summed E-state index contributed by atoms with van der Waals surface area (Å²) in [5.41, 5.74) is 2.00. The highest BCUT2D eigenvalue weighted by molar-refractivity contribution is 6.51. The Balaban J connectivity index is 1.98. The summed E-state index contributed by atoms with van der Waals surface area (Å²) in [6.45, 7) is 2.01. The predicted molar refractivity (Wildman–Crippen MR) is 132 cm³/mol. The van der Waals surface area contributed by atoms with Crippen molar-refractivity contribution in [3.05, 3.63) is 93.0 Å². The van der Waals surface area contributed by atoms with Gasteiger partial charge in [0.1, 0.15) is 17.3 Å². The van der Waals surface area contributed by atoms with Gasteiger partial charge in [-0.05, 0) is 60.0 Å². The van der Waals surface area contributed by atoms with Crippen molar-refractivity contribution in [1.82, 2.24) is 0 Å². The molecule has 1 atom stereocenters. The van der Waals surface area contributed by atoms with Gasteiger partial charge < -0.3 is 14.9 Å². The molecule has 8 heteroatoms. The maximum Gasteiger partial charge on any atom is 0.300 e. The molecule has 1 aliphatic heterocycles. The Morgan fingerprint density at radius 2 is 1.74 bits per heavy atom. The van der Waals surface area contributed by atoms with E-state index in [1.165, 1.54) is 30.2 Å². The third-order valence-corrected chi connectivity index (χ3v) is 6.31. The van der Waals surface area contributed by atoms with Gasteiger partial charge in [0.2, 0.25) is 0 Å². The van der Waals surface area contributed by atoms with E-state index in [1.54, 1.807) is 30.3 Å². The van der Waals surface area contributed by atoms with Crippen molar-refractivity contribution in [3.63, 3.8) is 0 Å². The molecule has 1 heterocycles. The summed E-state index contributed by atoms with van der Waals surface area (Å²) < 4.78 is 5.34. The molecule has 1 saturated heterocycles. The number of phenolic OH excluding ortho intramolecular Hbond substituents is 1. The number of aliphatic hydroxyl groups excluding tert-OH is 1. The summed E-state index contributed by atoms with van der Waals surface area (Å²) in [6.07, 6.45) is 0.810. The van der Waals surface area contributed by atoms with Crippen molar-refractivity contribution < 1.29 is 24.5 Å². The number of halogens is 2. The Hall–Kier alpha value is -3.48. The lowest BCUT2D eigenvalue weighted by atomic mass is 9.94. The number of hydrogen-bond donors (Lipinski definition) is 2. The Labute approximate surface area is 206 Å². The van der Waals surface area contributed by atoms with Crippen LogP contribution in [0.3, 0.4) is 0 Å². The van der Waals surface area contributed by atoms with E-state index in [9.17, 15) is 19.8 Å². The van der Waals surface area contributed by atoms with E-state index in [0.717, 1.165) is 12.0 Å². The minimum absolute atomic E-state index is 0.0461. The first-order valence-electron chi connectivity index (χ1n) is 10.5. The number of anilines is 1. The lowest BCUT2D eigenvalue weighted by Crippen LogP contribution is -2.29. The number of amides is 1. The molecule has 0 radical (unpaired) electrons. The highest BCUT2D eigenvalue weighted by atomic mass is 35.5. The quantitative estimate of drug-likeness (QED) is 0.260. The van der Waals surface area contributed by atoms with E-state index < -0.39 is 23.5 Å². The molecule has 0 saturated carbocycles. The standard InChI is InChI=1S/C26H21Cl2NO5/c1-3-14-4-8-17(9-5-14)29-23(15-6-10-20(30)19(28)12-15)22(25(32)26(29)33)24(31)18-13-16(27)7-11-21(18)34-2/h4-13,23,30-31H,3H2,1-2H3/b24-22+. The van der Waals surface area contributed by atoms with Gasteiger partial charge in [-0.1, -0.05) is 48.3 Å². The monoisotopic (exact) mass is 497 g/mol. The van der Waals surface area contributed by atoms with Gasteiger partial charge in [0.15, 0.2) is 0 Å². The smallest absolute Gasteiger partial charge is 0.300 e. The Morgan fingerprint density at radius 1 is 1.03 bits per heavy atom. The van der Waals surface area contributed by atoms with Gasteiger partial charge in [-0.3, -0.25) is 14.5 Å². The number of Topliss-reactive ketones (excluding diaryl/α,β-unsaturated/α-hetero) is 1. The van der Waals surface area contributed by atoms with Gasteiger partial charge in [-0.15, -0.1) is 0 Å². The molecule has 1 unspecified atom stereocenters. The largest absolute Gasteiger partial charge is 0.507 e. The van der Waals surface area contributed by atoms with Crippen LogP contribution < -0.4 is 9.64 Å². The fraction of sp³-hybridized carbons (Fsp3) is 0.154. The van der Waals surface area contributed by atoms with Crippen LogP contribution in [0.5, 0.6) is 11.5 Å². The minimum atomic E-state index is -1.01. The fourth-order valence-electron chi connectivity index (χ4n) is 4.01. The molecule has 2 N–H and O–H groups in total. The van der Waals surface area contributed by atoms with Crippen molar-refractivity contribution in [2.75, 3.05) is 12.0 Å². The van der Waals surface area contributed by atoms with Crippen LogP contribution in [0.2, 0.25) is 10.0 Å². The van der Waals surface area contributed by atoms with Crippen LogP contribution in [0.15, 0.2) is 66.2 Å². The van der Waals surface area contributed by atoms with Crippen LogP contribution in [0.25, 0.3) is 5.76 Å². The van der Waals surface area contributed by atoms with E-state index in [-0.39, 0.29) is 27.7 Å². The second-order valence-corrected chi connectivity index (χ2v) is 8.59. The van der Waals surface area contributed by atoms with Crippen LogP contribution in [-0.2, 0) is 16.0 Å². The number of rotatable bonds is 5. The van der Waals surface area contributed by atoms with Gasteiger partial charge in [-0.2, -0.15) is 0 Å². The molecule has 3 aromatic rings. The highest BCUT2D eigenvalue weighted by Crippen LogP contribution is 2.44. The summed E-state index contributed by atoms with van der Waals surface area (Å²) in [7, 11) is 1.42. The van der Waals surface area contributed by atoms with Gasteiger partial charge >= 0.3 is 0 Å². The normalized spacial score (nSPS) is 17.3. The third-order valence-electron chi connectivity index (χ3n) is 5.77. The van der Waals surface area contributed by atoms with E-state index in [0.29, 0.717) is 16.3 Å². The average Bonchev–Trinajstić information content (AvgIpc) is 3.10. The zero-order valence-corrected chi connectivity index (χ0v) is 19.9. The van der Waals surface area contributed by atoms with Crippen molar-refractivity contribution >= 4 is 46.3 Å². The van der Waals surface area contributed by atoms with Crippen molar-refractivity contribution in [2.24, 2.45) is 0 Å². The number of carbonyl (C=O) groups is 2. The molecular formula is C26H21Cl2NO5. The van der Waals surface area contributed by atoms with E-state index in [2.05, 4.69) is 0 Å². The third kappa shape index (κ3) is 4.11. The zero-order valence-electron chi connectivity index (χ0n) is 18.4. The molecule has 1 fully saturated rings. The van der Waals surface area contributed by atoms with Crippen molar-refractivity contribution in [1.29, 1.82) is 0 Å². The molecule has 6 nitrogen and oxygen atoms in total. The molecule has 34 heavy (non-hydrogen) atoms. The van der Waals surface area contributed by atoms with E-state index in [1.807, 2.05) is 19.1 Å². The highest BCUT2D eigenvalue weighted by Gasteiger charge is 2.47. The lowest BCUT2D eigenvalue weighted by molar-refractivity contribution is -0.132. The SMILES string of the molecule is CCc1ccc(N2C(=O)C(=O)/C(=C(/O)c3cc(Cl)ccc3OC)C2c2ccc(O)c(Cl)c2)cc1. The summed E-state index contributed by atoms with van der Waals surface area (Å²) in [4.78, 5) is 27.8. The summed E-state index contributed by atoms with van der Waals surface area (Å²) in [5.74, 6) is -1.97. The molecule has 0 aliphatic carbocycles. The molecule has 0 spiro atoms. The fourth-order valence-corrected chi connectivity index (χ4v) is 4.37. The predicted octanol–water partition coefficient (Wildman–Crippen LogP) is 5.90. The Morgan fingerprint density at radius 3 is 2.35 bits per heavy atom. The van der Waals surface area contributed by atoms with Gasteiger partial charge in [-0.25, -0.2) is 0 Å². The van der Waals surface area contributed by atoms with E-state index in [4.69, 9.17) is 27.9 Å². The summed E-state index contributed by atoms with van der Waals surface area (Å²) in [5, 5.41) is 21.6. The Bertz CT molecular complexity index is 1320. The number of aromatic hydroxyl groups is 1. The number of nitrogens with zero attached hydrogens (tertiary/aromatic N) is 1. The number of carbonyl (C=O) groups excluding carboxylic acids is 2. The van der Waals surface area contributed by atoms with Gasteiger partial charge in [0.25, 0.3) is 11.7 Å². The van der Waals surface area contributed by atoms with Gasteiger partial charge in [0, 0.05) is 10.7 Å². The number of ketones is 1. The number of hydrogen-bond acceptors (Lipinski definition) is 5. The maximum absolute atomic E-state index is 13.3. The number of phenols is 1. The van der Waals surface area contributed by atoms with Crippen LogP contribution in [0.1, 0.15) is 29.7 Å². The molecule has 3 aromatic carbocycles. The molecule has 174 valence electrons. The van der Waals surface area contributed by atoms with Crippen molar-refractivity contribution in [3.8, 4) is 11.5 Å². The number of benzene rings is 3. The van der Waals surface area contributed by atoms with Crippen LogP contribution in [0.4, 0.5) is 5.69 Å². The minimum Gasteiger partial charge on any atom is -0.507 e. The molecule has 1 aliphatic rings. The van der Waals surface area contributed by atoms with Crippen LogP contribution in [0, 0.1) is 0 Å². The number of ether oxygens (including phenoxy) is 1. The first kappa shape index (κ1) is 23.7. The van der Waals surface area contributed by atoms with Crippen molar-refractivity contribution in [2.45, 2.75) is 19.4 Å². The first-order valence-corrected chi connectivity index (χ1v) is 11.2. The lowest BCUT2D eigenvalue weighted by Gasteiger charge is -2.26. The average molecular weight is 498 g/mol. The molecular weight excluding hydrogens is 477 g/mol. The van der Waals surface area contributed by atoms with Crippen LogP contribution >= 0.6 is 23.2 Å².